The molecule has 1 amide bonds. The zero-order valence-corrected chi connectivity index (χ0v) is 13.8. The van der Waals surface area contributed by atoms with E-state index in [-0.39, 0.29) is 24.3 Å². The number of alkyl halides is 3. The van der Waals surface area contributed by atoms with Gasteiger partial charge in [-0.25, -0.2) is 0 Å². The van der Waals surface area contributed by atoms with Crippen molar-refractivity contribution in [2.45, 2.75) is 44.3 Å². The van der Waals surface area contributed by atoms with E-state index in [1.165, 1.54) is 12.1 Å². The Balaban J connectivity index is 1.51. The van der Waals surface area contributed by atoms with Crippen LogP contribution in [0.3, 0.4) is 0 Å². The molecule has 1 N–H and O–H groups in total. The third-order valence-electron chi connectivity index (χ3n) is 4.53. The van der Waals surface area contributed by atoms with Crippen LogP contribution in [-0.2, 0) is 17.4 Å². The van der Waals surface area contributed by atoms with Crippen LogP contribution in [0.2, 0.25) is 0 Å². The molecule has 0 saturated heterocycles. The fraction of sp³-hybridized carbons (Fsp3) is 0.368. The molecule has 1 fully saturated rings. The summed E-state index contributed by atoms with van der Waals surface area (Å²) < 4.78 is 38.3. The van der Waals surface area contributed by atoms with Crippen LogP contribution in [0, 0.1) is 6.92 Å². The summed E-state index contributed by atoms with van der Waals surface area (Å²) in [7, 11) is 0. The van der Waals surface area contributed by atoms with Crippen LogP contribution < -0.4 is 5.32 Å². The summed E-state index contributed by atoms with van der Waals surface area (Å²) in [6.45, 7) is 1.88. The second kappa shape index (κ2) is 6.86. The largest absolute Gasteiger partial charge is 0.416 e. The molecule has 0 atom stereocenters. The van der Waals surface area contributed by atoms with Gasteiger partial charge in [0.15, 0.2) is 0 Å². The maximum absolute atomic E-state index is 12.8. The Morgan fingerprint density at radius 2 is 2.00 bits per heavy atom. The standard InChI is InChI=1S/C19H19F3N2O/c1-12-5-6-13(11-23-12)7-18(25)24-17-9-15(10-17)14-3-2-4-16(8-14)19(20,21)22/h2-6,8,11,15,17H,7,9-10H2,1H3,(H,24,25). The molecule has 1 aliphatic carbocycles. The second-order valence-electron chi connectivity index (χ2n) is 6.54. The molecule has 1 aliphatic rings. The quantitative estimate of drug-likeness (QED) is 0.907. The van der Waals surface area contributed by atoms with Gasteiger partial charge in [0.25, 0.3) is 0 Å². The molecule has 1 heterocycles. The molecule has 0 spiro atoms. The summed E-state index contributed by atoms with van der Waals surface area (Å²) in [4.78, 5) is 16.2. The van der Waals surface area contributed by atoms with Crippen LogP contribution in [0.25, 0.3) is 0 Å². The van der Waals surface area contributed by atoms with Gasteiger partial charge in [-0.2, -0.15) is 13.2 Å². The Morgan fingerprint density at radius 3 is 2.64 bits per heavy atom. The topological polar surface area (TPSA) is 42.0 Å². The van der Waals surface area contributed by atoms with Gasteiger partial charge in [-0.15, -0.1) is 0 Å². The number of pyridine rings is 1. The predicted molar refractivity (Wildman–Crippen MR) is 88.0 cm³/mol. The van der Waals surface area contributed by atoms with Crippen molar-refractivity contribution in [1.82, 2.24) is 10.3 Å². The monoisotopic (exact) mass is 348 g/mol. The Hall–Kier alpha value is -2.37. The van der Waals surface area contributed by atoms with Gasteiger partial charge in [-0.1, -0.05) is 24.3 Å². The first-order valence-electron chi connectivity index (χ1n) is 8.19. The van der Waals surface area contributed by atoms with E-state index in [0.717, 1.165) is 17.3 Å². The molecule has 0 aliphatic heterocycles. The zero-order chi connectivity index (χ0) is 18.0. The molecule has 1 aromatic carbocycles. The number of carbonyl (C=O) groups excluding carboxylic acids is 1. The van der Waals surface area contributed by atoms with Gasteiger partial charge in [-0.3, -0.25) is 9.78 Å². The number of benzene rings is 1. The lowest BCUT2D eigenvalue weighted by Gasteiger charge is -2.36. The number of hydrogen-bond donors (Lipinski definition) is 1. The molecule has 3 rings (SSSR count). The Labute approximate surface area is 144 Å². The highest BCUT2D eigenvalue weighted by molar-refractivity contribution is 5.78. The van der Waals surface area contributed by atoms with Crippen molar-refractivity contribution in [1.29, 1.82) is 0 Å². The fourth-order valence-electron chi connectivity index (χ4n) is 3.04. The number of halogens is 3. The average molecular weight is 348 g/mol. The first-order chi connectivity index (χ1) is 11.8. The number of aryl methyl sites for hydroxylation is 1. The highest BCUT2D eigenvalue weighted by Crippen LogP contribution is 2.39. The van der Waals surface area contributed by atoms with Crippen LogP contribution >= 0.6 is 0 Å². The summed E-state index contributed by atoms with van der Waals surface area (Å²) in [6.07, 6.45) is -1.05. The summed E-state index contributed by atoms with van der Waals surface area (Å²) in [6, 6.07) is 9.19. The zero-order valence-electron chi connectivity index (χ0n) is 13.8. The molecular weight excluding hydrogens is 329 g/mol. The number of carbonyl (C=O) groups is 1. The van der Waals surface area contributed by atoms with Crippen molar-refractivity contribution >= 4 is 5.91 Å². The maximum Gasteiger partial charge on any atom is 0.416 e. The maximum atomic E-state index is 12.8. The van der Waals surface area contributed by atoms with E-state index in [1.54, 1.807) is 12.3 Å². The predicted octanol–water partition coefficient (Wildman–Crippen LogP) is 4.01. The number of hydrogen-bond acceptors (Lipinski definition) is 2. The summed E-state index contributed by atoms with van der Waals surface area (Å²) in [5.74, 6) is -0.0215. The lowest BCUT2D eigenvalue weighted by molar-refractivity contribution is -0.137. The molecule has 3 nitrogen and oxygen atoms in total. The van der Waals surface area contributed by atoms with Crippen LogP contribution in [0.5, 0.6) is 0 Å². The molecule has 0 unspecified atom stereocenters. The number of rotatable bonds is 4. The summed E-state index contributed by atoms with van der Waals surface area (Å²) in [5, 5.41) is 2.94. The smallest absolute Gasteiger partial charge is 0.353 e. The van der Waals surface area contributed by atoms with E-state index in [2.05, 4.69) is 10.3 Å². The van der Waals surface area contributed by atoms with Crippen LogP contribution in [0.1, 0.15) is 41.1 Å². The summed E-state index contributed by atoms with van der Waals surface area (Å²) >= 11 is 0. The van der Waals surface area contributed by atoms with E-state index >= 15 is 0 Å². The number of amides is 1. The van der Waals surface area contributed by atoms with Gasteiger partial charge >= 0.3 is 6.18 Å². The Kier molecular flexibility index (Phi) is 4.79. The molecular formula is C19H19F3N2O. The van der Waals surface area contributed by atoms with E-state index in [4.69, 9.17) is 0 Å². The number of nitrogens with one attached hydrogen (secondary N) is 1. The number of nitrogens with zero attached hydrogens (tertiary/aromatic N) is 1. The van der Waals surface area contributed by atoms with Crippen molar-refractivity contribution in [2.75, 3.05) is 0 Å². The molecule has 132 valence electrons. The van der Waals surface area contributed by atoms with Crippen molar-refractivity contribution < 1.29 is 18.0 Å². The minimum atomic E-state index is -4.32. The molecule has 1 aromatic heterocycles. The van der Waals surface area contributed by atoms with E-state index in [0.29, 0.717) is 18.4 Å². The van der Waals surface area contributed by atoms with Crippen LogP contribution in [0.15, 0.2) is 42.6 Å². The normalized spacial score (nSPS) is 20.0. The molecule has 0 radical (unpaired) electrons. The van der Waals surface area contributed by atoms with Gasteiger partial charge in [0.2, 0.25) is 5.91 Å². The second-order valence-corrected chi connectivity index (χ2v) is 6.54. The van der Waals surface area contributed by atoms with E-state index in [9.17, 15) is 18.0 Å². The number of aromatic nitrogens is 1. The Morgan fingerprint density at radius 1 is 1.24 bits per heavy atom. The SMILES string of the molecule is Cc1ccc(CC(=O)NC2CC(c3cccc(C(F)(F)F)c3)C2)cn1. The van der Waals surface area contributed by atoms with Gasteiger partial charge in [0.05, 0.1) is 12.0 Å². The third kappa shape index (κ3) is 4.38. The van der Waals surface area contributed by atoms with Gasteiger partial charge in [-0.05, 0) is 48.9 Å². The first-order valence-corrected chi connectivity index (χ1v) is 8.19. The van der Waals surface area contributed by atoms with Crippen molar-refractivity contribution in [3.63, 3.8) is 0 Å². The fourth-order valence-corrected chi connectivity index (χ4v) is 3.04. The van der Waals surface area contributed by atoms with Crippen LogP contribution in [0.4, 0.5) is 13.2 Å². The summed E-state index contributed by atoms with van der Waals surface area (Å²) in [5.41, 5.74) is 1.80. The highest BCUT2D eigenvalue weighted by atomic mass is 19.4. The van der Waals surface area contributed by atoms with Gasteiger partial charge in [0.1, 0.15) is 0 Å². The van der Waals surface area contributed by atoms with Crippen molar-refractivity contribution in [3.05, 3.63) is 65.0 Å². The van der Waals surface area contributed by atoms with Crippen LogP contribution in [-0.4, -0.2) is 16.9 Å². The minimum Gasteiger partial charge on any atom is -0.353 e. The molecule has 0 bridgehead atoms. The van der Waals surface area contributed by atoms with E-state index in [1.807, 2.05) is 19.1 Å². The molecule has 2 aromatic rings. The third-order valence-corrected chi connectivity index (χ3v) is 4.53. The van der Waals surface area contributed by atoms with Gasteiger partial charge in [0, 0.05) is 17.9 Å². The first kappa shape index (κ1) is 17.5. The molecule has 1 saturated carbocycles. The van der Waals surface area contributed by atoms with Gasteiger partial charge < -0.3 is 5.32 Å². The van der Waals surface area contributed by atoms with E-state index < -0.39 is 11.7 Å². The lowest BCUT2D eigenvalue weighted by Crippen LogP contribution is -2.44. The minimum absolute atomic E-state index is 0.0189. The highest BCUT2D eigenvalue weighted by Gasteiger charge is 2.34. The van der Waals surface area contributed by atoms with Crippen molar-refractivity contribution in [2.24, 2.45) is 0 Å². The lowest BCUT2D eigenvalue weighted by atomic mass is 9.75. The average Bonchev–Trinajstić information content (AvgIpc) is 2.52. The molecule has 25 heavy (non-hydrogen) atoms. The molecule has 6 heteroatoms. The Bertz CT molecular complexity index is 750. The van der Waals surface area contributed by atoms with Crippen molar-refractivity contribution in [3.8, 4) is 0 Å².